The molecule has 7 nitrogen and oxygen atoms in total. The molecule has 0 fully saturated rings. The molecule has 8 heteroatoms. The molecule has 33 heavy (non-hydrogen) atoms. The summed E-state index contributed by atoms with van der Waals surface area (Å²) in [6.45, 7) is 14.8. The molecule has 0 saturated carbocycles. The largest absolute Gasteiger partial charge is 0.454 e. The molecule has 2 amide bonds. The fourth-order valence-electron chi connectivity index (χ4n) is 3.36. The maximum Gasteiger partial charge on any atom is 0.321 e. The van der Waals surface area contributed by atoms with Crippen LogP contribution in [-0.4, -0.2) is 55.3 Å². The second-order valence-corrected chi connectivity index (χ2v) is 10.7. The van der Waals surface area contributed by atoms with Crippen LogP contribution in [0.5, 0.6) is 0 Å². The van der Waals surface area contributed by atoms with E-state index in [9.17, 15) is 19.2 Å². The van der Waals surface area contributed by atoms with Crippen LogP contribution < -0.4 is 5.32 Å². The third kappa shape index (κ3) is 6.03. The molecule has 0 heterocycles. The maximum absolute atomic E-state index is 13.2. The van der Waals surface area contributed by atoms with Crippen molar-refractivity contribution < 1.29 is 23.9 Å². The van der Waals surface area contributed by atoms with Crippen LogP contribution in [0.25, 0.3) is 0 Å². The lowest BCUT2D eigenvalue weighted by molar-refractivity contribution is -0.172. The van der Waals surface area contributed by atoms with Crippen molar-refractivity contribution >= 4 is 31.4 Å². The van der Waals surface area contributed by atoms with Crippen LogP contribution in [0.2, 0.25) is 0 Å². The fraction of sp³-hybridized carbons (Fsp3) is 0.600. The number of carbonyl (C=O) groups is 4. The average molecular weight is 458 g/mol. The van der Waals surface area contributed by atoms with Gasteiger partial charge in [-0.3, -0.25) is 19.2 Å². The maximum atomic E-state index is 13.2. The van der Waals surface area contributed by atoms with Gasteiger partial charge in [-0.05, 0) is 79.9 Å². The van der Waals surface area contributed by atoms with Crippen LogP contribution >= 0.6 is 0 Å². The molecule has 1 rings (SSSR count). The van der Waals surface area contributed by atoms with Gasteiger partial charge in [-0.25, -0.2) is 0 Å². The zero-order chi connectivity index (χ0) is 26.0. The van der Waals surface area contributed by atoms with Gasteiger partial charge in [0.25, 0.3) is 0 Å². The Bertz CT molecular complexity index is 934. The summed E-state index contributed by atoms with van der Waals surface area (Å²) in [5.41, 5.74) is -3.17. The van der Waals surface area contributed by atoms with E-state index in [1.165, 1.54) is 25.7 Å². The molecule has 1 aromatic rings. The fourth-order valence-corrected chi connectivity index (χ4v) is 3.36. The molecule has 1 N–H and O–H groups in total. The molecule has 0 spiro atoms. The Balaban J connectivity index is 3.21. The van der Waals surface area contributed by atoms with E-state index in [1.54, 1.807) is 34.7 Å². The lowest BCUT2D eigenvalue weighted by atomic mass is 9.75. The Labute approximate surface area is 199 Å². The van der Waals surface area contributed by atoms with Gasteiger partial charge in [-0.15, -0.1) is 0 Å². The van der Waals surface area contributed by atoms with Gasteiger partial charge < -0.3 is 15.0 Å². The van der Waals surface area contributed by atoms with Gasteiger partial charge in [0.2, 0.25) is 11.8 Å². The van der Waals surface area contributed by atoms with Gasteiger partial charge in [-0.1, -0.05) is 24.3 Å². The van der Waals surface area contributed by atoms with E-state index in [4.69, 9.17) is 4.74 Å². The summed E-state index contributed by atoms with van der Waals surface area (Å²) in [6, 6.07) is 7.33. The predicted octanol–water partition coefficient (Wildman–Crippen LogP) is 2.30. The summed E-state index contributed by atoms with van der Waals surface area (Å²) < 4.78 is 5.86. The zero-order valence-corrected chi connectivity index (χ0v) is 22.0. The smallest absolute Gasteiger partial charge is 0.321 e. The number of hydrogen-bond acceptors (Lipinski definition) is 5. The van der Waals surface area contributed by atoms with Gasteiger partial charge >= 0.3 is 5.97 Å². The molecule has 0 aliphatic carbocycles. The molecular weight excluding hydrogens is 419 g/mol. The van der Waals surface area contributed by atoms with Crippen molar-refractivity contribution in [2.75, 3.05) is 13.5 Å². The summed E-state index contributed by atoms with van der Waals surface area (Å²) in [5.74, 6) is -1.61. The third-order valence-electron chi connectivity index (χ3n) is 6.34. The highest BCUT2D eigenvalue weighted by molar-refractivity contribution is 6.10. The number of esters is 1. The number of nitrogens with one attached hydrogen (secondary N) is 1. The number of rotatable bonds is 9. The molecular formula is C25H39BN2O5. The van der Waals surface area contributed by atoms with Crippen LogP contribution in [0.1, 0.15) is 73.4 Å². The Hall–Kier alpha value is -2.64. The van der Waals surface area contributed by atoms with Crippen LogP contribution in [0.4, 0.5) is 0 Å². The van der Waals surface area contributed by atoms with Gasteiger partial charge in [0.1, 0.15) is 30.2 Å². The first-order valence-electron chi connectivity index (χ1n) is 11.2. The highest BCUT2D eigenvalue weighted by Crippen LogP contribution is 2.37. The summed E-state index contributed by atoms with van der Waals surface area (Å²) in [6.07, 6.45) is 0.494. The second kappa shape index (κ2) is 9.70. The normalized spacial score (nSPS) is 12.7. The number of nitrogens with zero attached hydrogens (tertiary/aromatic N) is 1. The minimum absolute atomic E-state index is 0.0132. The SMILES string of the molecule is BCN(C)C(=O)C(C)(C)NC(=O)C(C)(C)C(=O)OC(C)(C)c1ccccc1C(C)(C)C(C)=O. The van der Waals surface area contributed by atoms with E-state index in [2.05, 4.69) is 5.32 Å². The summed E-state index contributed by atoms with van der Waals surface area (Å²) in [5, 5.41) is 2.69. The van der Waals surface area contributed by atoms with E-state index in [0.29, 0.717) is 12.0 Å². The van der Waals surface area contributed by atoms with Gasteiger partial charge in [0.15, 0.2) is 0 Å². The zero-order valence-electron chi connectivity index (χ0n) is 22.0. The number of carbonyl (C=O) groups excluding carboxylic acids is 4. The first-order chi connectivity index (χ1) is 14.8. The minimum Gasteiger partial charge on any atom is -0.454 e. The molecule has 0 saturated heterocycles. The first kappa shape index (κ1) is 28.4. The van der Waals surface area contributed by atoms with Gasteiger partial charge in [0, 0.05) is 12.5 Å². The number of amides is 2. The molecule has 1 aromatic carbocycles. The molecule has 0 atom stereocenters. The van der Waals surface area contributed by atoms with Crippen LogP contribution in [0.3, 0.4) is 0 Å². The Kier molecular flexibility index (Phi) is 8.34. The van der Waals surface area contributed by atoms with Crippen LogP contribution in [-0.2, 0) is 34.9 Å². The molecule has 0 radical (unpaired) electrons. The molecule has 0 aliphatic heterocycles. The van der Waals surface area contributed by atoms with E-state index >= 15 is 0 Å². The topological polar surface area (TPSA) is 92.8 Å². The molecule has 0 bridgehead atoms. The van der Waals surface area contributed by atoms with Crippen LogP contribution in [0, 0.1) is 5.41 Å². The average Bonchev–Trinajstić information content (AvgIpc) is 2.71. The number of likely N-dealkylation sites (N-methyl/N-ethyl adjacent to an activating group) is 1. The minimum atomic E-state index is -1.55. The van der Waals surface area contributed by atoms with Crippen molar-refractivity contribution in [2.45, 2.75) is 78.9 Å². The summed E-state index contributed by atoms with van der Waals surface area (Å²) in [4.78, 5) is 52.6. The summed E-state index contributed by atoms with van der Waals surface area (Å²) in [7, 11) is 3.49. The number of benzene rings is 1. The predicted molar refractivity (Wildman–Crippen MR) is 131 cm³/mol. The van der Waals surface area contributed by atoms with Crippen molar-refractivity contribution in [1.29, 1.82) is 0 Å². The van der Waals surface area contributed by atoms with Crippen molar-refractivity contribution in [3.63, 3.8) is 0 Å². The molecule has 0 unspecified atom stereocenters. The monoisotopic (exact) mass is 458 g/mol. The third-order valence-corrected chi connectivity index (χ3v) is 6.34. The number of hydrogen-bond donors (Lipinski definition) is 1. The molecule has 0 aliphatic rings. The molecule has 0 aromatic heterocycles. The molecule has 182 valence electrons. The lowest BCUT2D eigenvalue weighted by Gasteiger charge is -2.36. The Morgan fingerprint density at radius 3 is 1.88 bits per heavy atom. The van der Waals surface area contributed by atoms with Gasteiger partial charge in [-0.2, -0.15) is 0 Å². The summed E-state index contributed by atoms with van der Waals surface area (Å²) >= 11 is 0. The highest BCUT2D eigenvalue weighted by Gasteiger charge is 2.45. The first-order valence-corrected chi connectivity index (χ1v) is 11.2. The second-order valence-electron chi connectivity index (χ2n) is 10.7. The van der Waals surface area contributed by atoms with Crippen LogP contribution in [0.15, 0.2) is 24.3 Å². The van der Waals surface area contributed by atoms with E-state index < -0.39 is 33.8 Å². The highest BCUT2D eigenvalue weighted by atomic mass is 16.6. The van der Waals surface area contributed by atoms with Crippen molar-refractivity contribution in [3.05, 3.63) is 35.4 Å². The van der Waals surface area contributed by atoms with E-state index in [1.807, 2.05) is 46.0 Å². The Morgan fingerprint density at radius 1 is 0.939 bits per heavy atom. The number of ether oxygens (including phenoxy) is 1. The van der Waals surface area contributed by atoms with Gasteiger partial charge in [0.05, 0.1) is 0 Å². The lowest BCUT2D eigenvalue weighted by Crippen LogP contribution is -2.59. The van der Waals surface area contributed by atoms with Crippen molar-refractivity contribution in [1.82, 2.24) is 10.2 Å². The van der Waals surface area contributed by atoms with E-state index in [-0.39, 0.29) is 11.7 Å². The standard InChI is InChI=1S/C25H39BN2O5/c1-16(29)22(2,3)17-13-11-12-14-18(17)25(8,9)33-21(32)23(4,5)19(30)27-24(6,7)20(31)28(10)15-26/h11-14H,15,26H2,1-10H3,(H,27,30). The van der Waals surface area contributed by atoms with E-state index in [0.717, 1.165) is 5.56 Å². The van der Waals surface area contributed by atoms with Crippen molar-refractivity contribution in [2.24, 2.45) is 5.41 Å². The number of Topliss-reactive ketones (excluding diaryl/α,β-unsaturated/α-hetero) is 1. The quantitative estimate of drug-likeness (QED) is 0.348. The Morgan fingerprint density at radius 2 is 1.42 bits per heavy atom. The number of ketones is 1. The van der Waals surface area contributed by atoms with Crippen molar-refractivity contribution in [3.8, 4) is 0 Å².